The van der Waals surface area contributed by atoms with Crippen LogP contribution in [0.25, 0.3) is 0 Å². The number of halogens is 3. The average molecular weight is 480 g/mol. The van der Waals surface area contributed by atoms with E-state index in [1.165, 1.54) is 17.8 Å². The molecule has 0 aliphatic heterocycles. The van der Waals surface area contributed by atoms with Crippen molar-refractivity contribution >= 4 is 69.8 Å². The molecule has 0 heterocycles. The zero-order valence-electron chi connectivity index (χ0n) is 15.8. The summed E-state index contributed by atoms with van der Waals surface area (Å²) in [4.78, 5) is 25.4. The van der Waals surface area contributed by atoms with Crippen molar-refractivity contribution in [2.75, 3.05) is 16.4 Å². The average Bonchev–Trinajstić information content (AvgIpc) is 2.70. The molecule has 3 rings (SSSR count). The maximum absolute atomic E-state index is 12.4. The summed E-state index contributed by atoms with van der Waals surface area (Å²) >= 11 is 19.4. The summed E-state index contributed by atoms with van der Waals surface area (Å²) in [5.74, 6) is -0.208. The van der Waals surface area contributed by atoms with E-state index in [-0.39, 0.29) is 22.6 Å². The van der Waals surface area contributed by atoms with Crippen molar-refractivity contribution in [3.8, 4) is 0 Å². The Labute approximate surface area is 193 Å². The Kier molecular flexibility index (Phi) is 7.67. The van der Waals surface area contributed by atoms with Crippen molar-refractivity contribution in [1.29, 1.82) is 0 Å². The van der Waals surface area contributed by atoms with Gasteiger partial charge in [0, 0.05) is 26.3 Å². The molecule has 2 N–H and O–H groups in total. The molecule has 0 bridgehead atoms. The standard InChI is InChI=1S/C22H17Cl3N2O2S/c1-13-2-4-16(11-19(13)24)26-21(28)12-30-17-7-5-15(6-8-17)27-22(29)18-9-3-14(23)10-20(18)25/h2-11H,12H2,1H3,(H,26,28)(H,27,29). The van der Waals surface area contributed by atoms with Gasteiger partial charge in [-0.3, -0.25) is 9.59 Å². The van der Waals surface area contributed by atoms with Gasteiger partial charge in [0.15, 0.2) is 0 Å². The van der Waals surface area contributed by atoms with Gasteiger partial charge in [0.05, 0.1) is 16.3 Å². The fourth-order valence-corrected chi connectivity index (χ4v) is 3.90. The Balaban J connectivity index is 1.53. The summed E-state index contributed by atoms with van der Waals surface area (Å²) in [5, 5.41) is 6.97. The highest BCUT2D eigenvalue weighted by Crippen LogP contribution is 2.24. The quantitative estimate of drug-likeness (QED) is 0.377. The SMILES string of the molecule is Cc1ccc(NC(=O)CSc2ccc(NC(=O)c3ccc(Cl)cc3Cl)cc2)cc1Cl. The summed E-state index contributed by atoms with van der Waals surface area (Å²) in [7, 11) is 0. The largest absolute Gasteiger partial charge is 0.325 e. The number of nitrogens with one attached hydrogen (secondary N) is 2. The molecule has 8 heteroatoms. The number of carbonyl (C=O) groups is 2. The van der Waals surface area contributed by atoms with E-state index < -0.39 is 0 Å². The minimum Gasteiger partial charge on any atom is -0.325 e. The van der Waals surface area contributed by atoms with Gasteiger partial charge in [-0.15, -0.1) is 11.8 Å². The summed E-state index contributed by atoms with van der Waals surface area (Å²) in [6.45, 7) is 1.90. The van der Waals surface area contributed by atoms with Crippen molar-refractivity contribution in [1.82, 2.24) is 0 Å². The van der Waals surface area contributed by atoms with Crippen molar-refractivity contribution in [3.63, 3.8) is 0 Å². The van der Waals surface area contributed by atoms with Crippen LogP contribution >= 0.6 is 46.6 Å². The van der Waals surface area contributed by atoms with Crippen LogP contribution in [0.4, 0.5) is 11.4 Å². The Morgan fingerprint density at radius 1 is 0.833 bits per heavy atom. The summed E-state index contributed by atoms with van der Waals surface area (Å²) < 4.78 is 0. The third-order valence-electron chi connectivity index (χ3n) is 4.11. The highest BCUT2D eigenvalue weighted by Gasteiger charge is 2.11. The fourth-order valence-electron chi connectivity index (χ4n) is 2.52. The molecular formula is C22H17Cl3N2O2S. The second-order valence-electron chi connectivity index (χ2n) is 6.40. The van der Waals surface area contributed by atoms with Gasteiger partial charge in [0.2, 0.25) is 5.91 Å². The first-order valence-corrected chi connectivity index (χ1v) is 11.0. The lowest BCUT2D eigenvalue weighted by Gasteiger charge is -2.09. The monoisotopic (exact) mass is 478 g/mol. The van der Waals surface area contributed by atoms with Crippen LogP contribution in [0.5, 0.6) is 0 Å². The number of aryl methyl sites for hydroxylation is 1. The first kappa shape index (κ1) is 22.5. The number of carbonyl (C=O) groups excluding carboxylic acids is 2. The number of amides is 2. The lowest BCUT2D eigenvalue weighted by molar-refractivity contribution is -0.113. The molecule has 0 unspecified atom stereocenters. The zero-order valence-corrected chi connectivity index (χ0v) is 18.9. The predicted octanol–water partition coefficient (Wildman–Crippen LogP) is 6.94. The molecule has 3 aromatic rings. The molecule has 2 amide bonds. The normalized spacial score (nSPS) is 10.5. The van der Waals surface area contributed by atoms with E-state index in [2.05, 4.69) is 10.6 Å². The van der Waals surface area contributed by atoms with Gasteiger partial charge in [0.25, 0.3) is 5.91 Å². The molecule has 0 radical (unpaired) electrons. The summed E-state index contributed by atoms with van der Waals surface area (Å²) in [6.07, 6.45) is 0. The molecule has 4 nitrogen and oxygen atoms in total. The van der Waals surface area contributed by atoms with Gasteiger partial charge < -0.3 is 10.6 Å². The van der Waals surface area contributed by atoms with E-state index in [4.69, 9.17) is 34.8 Å². The van der Waals surface area contributed by atoms with Crippen molar-refractivity contribution in [2.24, 2.45) is 0 Å². The minimum absolute atomic E-state index is 0.130. The number of benzene rings is 3. The maximum atomic E-state index is 12.4. The Bertz CT molecular complexity index is 1090. The second-order valence-corrected chi connectivity index (χ2v) is 8.70. The van der Waals surface area contributed by atoms with Gasteiger partial charge in [-0.25, -0.2) is 0 Å². The minimum atomic E-state index is -0.326. The Hall–Kier alpha value is -2.18. The van der Waals surface area contributed by atoms with Gasteiger partial charge in [-0.05, 0) is 67.1 Å². The molecule has 0 saturated carbocycles. The van der Waals surface area contributed by atoms with Crippen LogP contribution in [0.15, 0.2) is 65.6 Å². The first-order valence-electron chi connectivity index (χ1n) is 8.87. The van der Waals surface area contributed by atoms with Crippen molar-refractivity contribution < 1.29 is 9.59 Å². The topological polar surface area (TPSA) is 58.2 Å². The molecule has 0 saturated heterocycles. The predicted molar refractivity (Wildman–Crippen MR) is 126 cm³/mol. The summed E-state index contributed by atoms with van der Waals surface area (Å²) in [5.41, 5.74) is 2.58. The molecule has 30 heavy (non-hydrogen) atoms. The van der Waals surface area contributed by atoms with Crippen LogP contribution in [0.3, 0.4) is 0 Å². The fraction of sp³-hybridized carbons (Fsp3) is 0.0909. The van der Waals surface area contributed by atoms with E-state index in [9.17, 15) is 9.59 Å². The van der Waals surface area contributed by atoms with E-state index in [1.807, 2.05) is 31.2 Å². The third kappa shape index (κ3) is 6.16. The van der Waals surface area contributed by atoms with E-state index in [0.717, 1.165) is 10.5 Å². The summed E-state index contributed by atoms with van der Waals surface area (Å²) in [6, 6.07) is 17.3. The van der Waals surface area contributed by atoms with Crippen LogP contribution in [-0.4, -0.2) is 17.6 Å². The van der Waals surface area contributed by atoms with Gasteiger partial charge in [0.1, 0.15) is 0 Å². The Morgan fingerprint density at radius 3 is 2.20 bits per heavy atom. The highest BCUT2D eigenvalue weighted by atomic mass is 35.5. The molecule has 3 aromatic carbocycles. The Morgan fingerprint density at radius 2 is 1.53 bits per heavy atom. The first-order chi connectivity index (χ1) is 14.3. The molecular weight excluding hydrogens is 463 g/mol. The van der Waals surface area contributed by atoms with Gasteiger partial charge >= 0.3 is 0 Å². The van der Waals surface area contributed by atoms with E-state index >= 15 is 0 Å². The molecule has 0 aliphatic carbocycles. The maximum Gasteiger partial charge on any atom is 0.257 e. The van der Waals surface area contributed by atoms with E-state index in [1.54, 1.807) is 30.3 Å². The number of anilines is 2. The zero-order chi connectivity index (χ0) is 21.7. The van der Waals surface area contributed by atoms with Crippen LogP contribution in [-0.2, 0) is 4.79 Å². The van der Waals surface area contributed by atoms with E-state index in [0.29, 0.717) is 27.0 Å². The molecule has 0 aromatic heterocycles. The number of hydrogen-bond acceptors (Lipinski definition) is 3. The van der Waals surface area contributed by atoms with Gasteiger partial charge in [-0.2, -0.15) is 0 Å². The number of thioether (sulfide) groups is 1. The lowest BCUT2D eigenvalue weighted by Crippen LogP contribution is -2.14. The molecule has 0 fully saturated rings. The smallest absolute Gasteiger partial charge is 0.257 e. The highest BCUT2D eigenvalue weighted by molar-refractivity contribution is 8.00. The van der Waals surface area contributed by atoms with Crippen LogP contribution < -0.4 is 10.6 Å². The van der Waals surface area contributed by atoms with Crippen molar-refractivity contribution in [3.05, 3.63) is 86.9 Å². The van der Waals surface area contributed by atoms with Gasteiger partial charge in [-0.1, -0.05) is 40.9 Å². The third-order valence-corrected chi connectivity index (χ3v) is 6.08. The molecule has 0 atom stereocenters. The van der Waals surface area contributed by atoms with Crippen molar-refractivity contribution in [2.45, 2.75) is 11.8 Å². The van der Waals surface area contributed by atoms with Crippen LogP contribution in [0, 0.1) is 6.92 Å². The van der Waals surface area contributed by atoms with Crippen LogP contribution in [0.1, 0.15) is 15.9 Å². The molecule has 0 spiro atoms. The van der Waals surface area contributed by atoms with Crippen LogP contribution in [0.2, 0.25) is 15.1 Å². The lowest BCUT2D eigenvalue weighted by atomic mass is 10.2. The number of hydrogen-bond donors (Lipinski definition) is 2. The molecule has 0 aliphatic rings. The second kappa shape index (κ2) is 10.2. The number of rotatable bonds is 6. The molecule has 154 valence electrons.